The van der Waals surface area contributed by atoms with E-state index in [1.165, 1.54) is 6.26 Å². The quantitative estimate of drug-likeness (QED) is 0.909. The zero-order valence-corrected chi connectivity index (χ0v) is 12.0. The van der Waals surface area contributed by atoms with E-state index in [1.54, 1.807) is 19.2 Å². The van der Waals surface area contributed by atoms with E-state index in [9.17, 15) is 4.79 Å². The van der Waals surface area contributed by atoms with E-state index in [1.807, 2.05) is 12.1 Å². The Labute approximate surface area is 118 Å². The highest BCUT2D eigenvalue weighted by molar-refractivity contribution is 5.91. The van der Waals surface area contributed by atoms with Crippen LogP contribution in [0.5, 0.6) is 5.75 Å². The van der Waals surface area contributed by atoms with Crippen LogP contribution in [0.15, 0.2) is 41.0 Å². The van der Waals surface area contributed by atoms with Crippen LogP contribution in [-0.4, -0.2) is 13.0 Å². The molecule has 0 unspecified atom stereocenters. The van der Waals surface area contributed by atoms with Crippen molar-refractivity contribution in [1.29, 1.82) is 0 Å². The summed E-state index contributed by atoms with van der Waals surface area (Å²) in [5.41, 5.74) is 2.17. The van der Waals surface area contributed by atoms with Crippen molar-refractivity contribution in [1.82, 2.24) is 5.32 Å². The molecule has 0 saturated carbocycles. The van der Waals surface area contributed by atoms with E-state index in [-0.39, 0.29) is 5.91 Å². The van der Waals surface area contributed by atoms with Gasteiger partial charge in [-0.25, -0.2) is 0 Å². The Bertz CT molecular complexity index is 573. The molecule has 0 aliphatic carbocycles. The minimum atomic E-state index is -0.211. The van der Waals surface area contributed by atoms with Crippen molar-refractivity contribution in [3.8, 4) is 5.75 Å². The monoisotopic (exact) mass is 273 g/mol. The first kappa shape index (κ1) is 14.2. The molecule has 1 N–H and O–H groups in total. The van der Waals surface area contributed by atoms with E-state index >= 15 is 0 Å². The zero-order valence-electron chi connectivity index (χ0n) is 12.0. The lowest BCUT2D eigenvalue weighted by Crippen LogP contribution is -2.22. The second-order valence-electron chi connectivity index (χ2n) is 4.89. The van der Waals surface area contributed by atoms with Gasteiger partial charge in [-0.05, 0) is 35.2 Å². The molecule has 0 fully saturated rings. The average Bonchev–Trinajstić information content (AvgIpc) is 2.98. The SMILES string of the molecule is COc1ccc(CNC(=O)c2ccco2)cc1C(C)C. The van der Waals surface area contributed by atoms with Crippen LogP contribution in [0.1, 0.15) is 41.4 Å². The number of carbonyl (C=O) groups excluding carboxylic acids is 1. The summed E-state index contributed by atoms with van der Waals surface area (Å²) in [6, 6.07) is 9.28. The largest absolute Gasteiger partial charge is 0.496 e. The normalized spacial score (nSPS) is 10.6. The second-order valence-corrected chi connectivity index (χ2v) is 4.89. The molecule has 0 atom stereocenters. The molecule has 0 spiro atoms. The standard InChI is InChI=1S/C16H19NO3/c1-11(2)13-9-12(6-7-14(13)19-3)10-17-16(18)15-5-4-8-20-15/h4-9,11H,10H2,1-3H3,(H,17,18). The fraction of sp³-hybridized carbons (Fsp3) is 0.312. The topological polar surface area (TPSA) is 51.5 Å². The lowest BCUT2D eigenvalue weighted by Gasteiger charge is -2.13. The van der Waals surface area contributed by atoms with Gasteiger partial charge >= 0.3 is 0 Å². The predicted molar refractivity (Wildman–Crippen MR) is 77.0 cm³/mol. The van der Waals surface area contributed by atoms with Crippen molar-refractivity contribution in [3.63, 3.8) is 0 Å². The number of benzene rings is 1. The van der Waals surface area contributed by atoms with E-state index < -0.39 is 0 Å². The van der Waals surface area contributed by atoms with Crippen molar-refractivity contribution in [3.05, 3.63) is 53.5 Å². The number of amides is 1. The van der Waals surface area contributed by atoms with Crippen LogP contribution in [0, 0.1) is 0 Å². The van der Waals surface area contributed by atoms with Gasteiger partial charge < -0.3 is 14.5 Å². The molecule has 1 aromatic heterocycles. The van der Waals surface area contributed by atoms with Crippen molar-refractivity contribution in [2.75, 3.05) is 7.11 Å². The van der Waals surface area contributed by atoms with Crippen molar-refractivity contribution in [2.45, 2.75) is 26.3 Å². The lowest BCUT2D eigenvalue weighted by molar-refractivity contribution is 0.0923. The highest BCUT2D eigenvalue weighted by Crippen LogP contribution is 2.27. The summed E-state index contributed by atoms with van der Waals surface area (Å²) < 4.78 is 10.4. The molecule has 2 aromatic rings. The number of furan rings is 1. The molecule has 1 amide bonds. The van der Waals surface area contributed by atoms with Crippen molar-refractivity contribution < 1.29 is 13.9 Å². The number of rotatable bonds is 5. The predicted octanol–water partition coefficient (Wildman–Crippen LogP) is 3.34. The van der Waals surface area contributed by atoms with E-state index in [0.717, 1.165) is 16.9 Å². The molecule has 0 saturated heterocycles. The van der Waals surface area contributed by atoms with Gasteiger partial charge in [0.1, 0.15) is 5.75 Å². The molecular formula is C16H19NO3. The molecule has 0 aliphatic rings. The number of hydrogen-bond acceptors (Lipinski definition) is 3. The molecule has 2 rings (SSSR count). The Morgan fingerprint density at radius 1 is 1.35 bits per heavy atom. The molecule has 20 heavy (non-hydrogen) atoms. The molecule has 0 aliphatic heterocycles. The minimum absolute atomic E-state index is 0.211. The summed E-state index contributed by atoms with van der Waals surface area (Å²) >= 11 is 0. The molecule has 1 aromatic carbocycles. The summed E-state index contributed by atoms with van der Waals surface area (Å²) in [4.78, 5) is 11.8. The van der Waals surface area contributed by atoms with E-state index in [2.05, 4.69) is 25.2 Å². The van der Waals surface area contributed by atoms with Gasteiger partial charge in [0.25, 0.3) is 5.91 Å². The fourth-order valence-electron chi connectivity index (χ4n) is 2.02. The van der Waals surface area contributed by atoms with Gasteiger partial charge in [0.05, 0.1) is 13.4 Å². The van der Waals surface area contributed by atoms with Crippen LogP contribution >= 0.6 is 0 Å². The molecule has 0 radical (unpaired) electrons. The molecule has 4 nitrogen and oxygen atoms in total. The third-order valence-electron chi connectivity index (χ3n) is 3.11. The highest BCUT2D eigenvalue weighted by Gasteiger charge is 2.10. The first-order valence-corrected chi connectivity index (χ1v) is 6.60. The summed E-state index contributed by atoms with van der Waals surface area (Å²) in [7, 11) is 1.67. The summed E-state index contributed by atoms with van der Waals surface area (Å²) in [6.45, 7) is 4.69. The van der Waals surface area contributed by atoms with Gasteiger partial charge in [-0.2, -0.15) is 0 Å². The smallest absolute Gasteiger partial charge is 0.287 e. The van der Waals surface area contributed by atoms with E-state index in [4.69, 9.17) is 9.15 Å². The highest BCUT2D eigenvalue weighted by atomic mass is 16.5. The van der Waals surface area contributed by atoms with Gasteiger partial charge in [0.15, 0.2) is 5.76 Å². The number of nitrogens with one attached hydrogen (secondary N) is 1. The van der Waals surface area contributed by atoms with Crippen LogP contribution in [0.25, 0.3) is 0 Å². The van der Waals surface area contributed by atoms with Gasteiger partial charge in [0.2, 0.25) is 0 Å². The Morgan fingerprint density at radius 3 is 2.75 bits per heavy atom. The van der Waals surface area contributed by atoms with Crippen LogP contribution in [0.4, 0.5) is 0 Å². The number of ether oxygens (including phenoxy) is 1. The second kappa shape index (κ2) is 6.28. The molecule has 4 heteroatoms. The number of hydrogen-bond donors (Lipinski definition) is 1. The average molecular weight is 273 g/mol. The lowest BCUT2D eigenvalue weighted by atomic mass is 9.99. The molecular weight excluding hydrogens is 254 g/mol. The van der Waals surface area contributed by atoms with Gasteiger partial charge in [0, 0.05) is 6.54 Å². The first-order chi connectivity index (χ1) is 9.61. The Morgan fingerprint density at radius 2 is 2.15 bits per heavy atom. The first-order valence-electron chi connectivity index (χ1n) is 6.60. The third kappa shape index (κ3) is 3.20. The number of methoxy groups -OCH3 is 1. The van der Waals surface area contributed by atoms with Crippen LogP contribution in [-0.2, 0) is 6.54 Å². The summed E-state index contributed by atoms with van der Waals surface area (Å²) in [5, 5.41) is 2.83. The van der Waals surface area contributed by atoms with Crippen molar-refractivity contribution in [2.24, 2.45) is 0 Å². The Kier molecular flexibility index (Phi) is 4.45. The van der Waals surface area contributed by atoms with Gasteiger partial charge in [-0.1, -0.05) is 26.0 Å². The molecule has 106 valence electrons. The summed E-state index contributed by atoms with van der Waals surface area (Å²) in [5.74, 6) is 1.35. The minimum Gasteiger partial charge on any atom is -0.496 e. The van der Waals surface area contributed by atoms with Crippen LogP contribution < -0.4 is 10.1 Å². The maximum Gasteiger partial charge on any atom is 0.287 e. The van der Waals surface area contributed by atoms with Gasteiger partial charge in [-0.15, -0.1) is 0 Å². The van der Waals surface area contributed by atoms with Crippen LogP contribution in [0.3, 0.4) is 0 Å². The Hall–Kier alpha value is -2.23. The number of carbonyl (C=O) groups is 1. The maximum absolute atomic E-state index is 11.8. The summed E-state index contributed by atoms with van der Waals surface area (Å²) in [6.07, 6.45) is 1.49. The molecule has 1 heterocycles. The van der Waals surface area contributed by atoms with Crippen molar-refractivity contribution >= 4 is 5.91 Å². The van der Waals surface area contributed by atoms with E-state index in [0.29, 0.717) is 18.2 Å². The Balaban J connectivity index is 2.06. The zero-order chi connectivity index (χ0) is 14.5. The third-order valence-corrected chi connectivity index (χ3v) is 3.11. The maximum atomic E-state index is 11.8. The fourth-order valence-corrected chi connectivity index (χ4v) is 2.02. The van der Waals surface area contributed by atoms with Gasteiger partial charge in [-0.3, -0.25) is 4.79 Å². The van der Waals surface area contributed by atoms with Crippen LogP contribution in [0.2, 0.25) is 0 Å². The molecule has 0 bridgehead atoms.